The second-order valence-corrected chi connectivity index (χ2v) is 5.72. The fourth-order valence-corrected chi connectivity index (χ4v) is 2.82. The minimum atomic E-state index is -0.456. The Morgan fingerprint density at radius 1 is 1.29 bits per heavy atom. The van der Waals surface area contributed by atoms with Crippen molar-refractivity contribution in [1.29, 1.82) is 0 Å². The summed E-state index contributed by atoms with van der Waals surface area (Å²) in [5.41, 5.74) is 2.20. The van der Waals surface area contributed by atoms with Crippen molar-refractivity contribution in [2.75, 3.05) is 11.9 Å². The van der Waals surface area contributed by atoms with Gasteiger partial charge in [0.15, 0.2) is 0 Å². The van der Waals surface area contributed by atoms with Gasteiger partial charge in [-0.05, 0) is 5.56 Å². The van der Waals surface area contributed by atoms with Crippen LogP contribution in [0.2, 0.25) is 0 Å². The predicted octanol–water partition coefficient (Wildman–Crippen LogP) is 1.99. The Morgan fingerprint density at radius 2 is 2.10 bits per heavy atom. The summed E-state index contributed by atoms with van der Waals surface area (Å²) in [6.07, 6.45) is -0.456. The van der Waals surface area contributed by atoms with Gasteiger partial charge >= 0.3 is 0 Å². The number of benzene rings is 1. The van der Waals surface area contributed by atoms with Crippen LogP contribution in [0.15, 0.2) is 36.4 Å². The van der Waals surface area contributed by atoms with Crippen LogP contribution in [0.3, 0.4) is 0 Å². The van der Waals surface area contributed by atoms with Crippen LogP contribution in [0.5, 0.6) is 5.88 Å². The molecule has 2 aromatic rings. The zero-order chi connectivity index (χ0) is 14.7. The molecule has 1 N–H and O–H groups in total. The molecule has 1 atom stereocenters. The molecular formula is C15H18BrN3O2. The molecular weight excluding hydrogens is 334 g/mol. The van der Waals surface area contributed by atoms with E-state index >= 15 is 0 Å². The first-order chi connectivity index (χ1) is 10.3. The zero-order valence-corrected chi connectivity index (χ0v) is 13.2. The first-order valence-electron chi connectivity index (χ1n) is 6.98. The van der Waals surface area contributed by atoms with Gasteiger partial charge in [-0.15, -0.1) is 5.10 Å². The molecule has 21 heavy (non-hydrogen) atoms. The van der Waals surface area contributed by atoms with E-state index in [0.717, 1.165) is 24.3 Å². The number of fused-ring (bicyclic) bond motifs is 1. The van der Waals surface area contributed by atoms with E-state index in [4.69, 9.17) is 4.74 Å². The maximum atomic E-state index is 9.89. The molecule has 2 heterocycles. The Morgan fingerprint density at radius 3 is 2.86 bits per heavy atom. The number of rotatable bonds is 5. The highest BCUT2D eigenvalue weighted by molar-refractivity contribution is 9.09. The Hall–Kier alpha value is -1.37. The van der Waals surface area contributed by atoms with Crippen LogP contribution < -0.4 is 4.74 Å². The molecule has 1 aromatic heterocycles. The number of aromatic nitrogens is 2. The van der Waals surface area contributed by atoms with E-state index in [-0.39, 0.29) is 0 Å². The maximum Gasteiger partial charge on any atom is 0.233 e. The molecule has 5 nitrogen and oxygen atoms in total. The van der Waals surface area contributed by atoms with Crippen LogP contribution in [0.25, 0.3) is 0 Å². The smallest absolute Gasteiger partial charge is 0.233 e. The van der Waals surface area contributed by atoms with Gasteiger partial charge in [0.05, 0.1) is 12.2 Å². The van der Waals surface area contributed by atoms with Gasteiger partial charge in [-0.25, -0.2) is 0 Å². The molecule has 112 valence electrons. The van der Waals surface area contributed by atoms with E-state index < -0.39 is 6.23 Å². The largest absolute Gasteiger partial charge is 0.472 e. The summed E-state index contributed by atoms with van der Waals surface area (Å²) in [5, 5.41) is 14.9. The molecule has 0 amide bonds. The van der Waals surface area contributed by atoms with E-state index in [1.54, 1.807) is 0 Å². The first-order valence-corrected chi connectivity index (χ1v) is 8.10. The Balaban J connectivity index is 1.64. The molecule has 0 saturated carbocycles. The number of aliphatic hydroxyl groups excluding tert-OH is 1. The number of aliphatic hydroxyl groups is 1. The van der Waals surface area contributed by atoms with Crippen LogP contribution in [0.4, 0.5) is 0 Å². The number of hydrogen-bond donors (Lipinski definition) is 1. The predicted molar refractivity (Wildman–Crippen MR) is 83.2 cm³/mol. The lowest BCUT2D eigenvalue weighted by molar-refractivity contribution is 0.00382. The molecule has 0 saturated heterocycles. The SMILES string of the molecule is OC(CBr)N1CCn2nc(OCc3ccccc3)cc2C1. The van der Waals surface area contributed by atoms with E-state index in [2.05, 4.69) is 21.0 Å². The molecule has 0 spiro atoms. The third-order valence-electron chi connectivity index (χ3n) is 3.59. The molecule has 0 fully saturated rings. The van der Waals surface area contributed by atoms with Crippen LogP contribution in [-0.4, -0.2) is 37.9 Å². The molecule has 1 aliphatic rings. The number of ether oxygens (including phenoxy) is 1. The van der Waals surface area contributed by atoms with Crippen LogP contribution >= 0.6 is 15.9 Å². The van der Waals surface area contributed by atoms with Crippen molar-refractivity contribution in [2.45, 2.75) is 25.9 Å². The highest BCUT2D eigenvalue weighted by Gasteiger charge is 2.23. The van der Waals surface area contributed by atoms with Crippen molar-refractivity contribution in [2.24, 2.45) is 0 Å². The normalized spacial score (nSPS) is 16.5. The summed E-state index contributed by atoms with van der Waals surface area (Å²) in [6, 6.07) is 12.0. The molecule has 1 aliphatic heterocycles. The van der Waals surface area contributed by atoms with Gasteiger partial charge < -0.3 is 9.84 Å². The number of hydrogen-bond acceptors (Lipinski definition) is 4. The Labute approximate surface area is 132 Å². The number of nitrogens with zero attached hydrogens (tertiary/aromatic N) is 3. The second-order valence-electron chi connectivity index (χ2n) is 5.08. The zero-order valence-electron chi connectivity index (χ0n) is 11.7. The highest BCUT2D eigenvalue weighted by Crippen LogP contribution is 2.20. The monoisotopic (exact) mass is 351 g/mol. The molecule has 1 aromatic carbocycles. The summed E-state index contributed by atoms with van der Waals surface area (Å²) in [4.78, 5) is 2.02. The van der Waals surface area contributed by atoms with E-state index in [1.165, 1.54) is 0 Å². The van der Waals surface area contributed by atoms with Gasteiger partial charge in [0.25, 0.3) is 0 Å². The summed E-state index contributed by atoms with van der Waals surface area (Å²) in [7, 11) is 0. The van der Waals surface area contributed by atoms with Crippen molar-refractivity contribution >= 4 is 15.9 Å². The fraction of sp³-hybridized carbons (Fsp3) is 0.400. The molecule has 1 unspecified atom stereocenters. The maximum absolute atomic E-state index is 9.89. The van der Waals surface area contributed by atoms with Crippen molar-refractivity contribution in [3.05, 3.63) is 47.7 Å². The summed E-state index contributed by atoms with van der Waals surface area (Å²) in [5.74, 6) is 0.643. The molecule has 0 bridgehead atoms. The van der Waals surface area contributed by atoms with E-state index in [1.807, 2.05) is 46.0 Å². The quantitative estimate of drug-likeness (QED) is 0.837. The Bertz CT molecular complexity index is 588. The molecule has 0 aliphatic carbocycles. The summed E-state index contributed by atoms with van der Waals surface area (Å²) in [6.45, 7) is 2.77. The van der Waals surface area contributed by atoms with Gasteiger partial charge in [-0.2, -0.15) is 0 Å². The van der Waals surface area contributed by atoms with Crippen molar-refractivity contribution < 1.29 is 9.84 Å². The lowest BCUT2D eigenvalue weighted by Crippen LogP contribution is -2.42. The standard InChI is InChI=1S/C15H18BrN3O2/c16-9-15(20)18-6-7-19-13(10-18)8-14(17-19)21-11-12-4-2-1-3-5-12/h1-5,8,15,20H,6-7,9-11H2. The lowest BCUT2D eigenvalue weighted by Gasteiger charge is -2.30. The minimum Gasteiger partial charge on any atom is -0.472 e. The molecule has 3 rings (SSSR count). The van der Waals surface area contributed by atoms with Crippen molar-refractivity contribution in [3.63, 3.8) is 0 Å². The lowest BCUT2D eigenvalue weighted by atomic mass is 10.2. The van der Waals surface area contributed by atoms with Crippen molar-refractivity contribution in [3.8, 4) is 5.88 Å². The third kappa shape index (κ3) is 3.45. The van der Waals surface area contributed by atoms with Crippen molar-refractivity contribution in [1.82, 2.24) is 14.7 Å². The van der Waals surface area contributed by atoms with Crippen LogP contribution in [0, 0.1) is 0 Å². The van der Waals surface area contributed by atoms with Gasteiger partial charge in [0, 0.05) is 24.5 Å². The van der Waals surface area contributed by atoms with Crippen LogP contribution in [0.1, 0.15) is 11.3 Å². The molecule has 6 heteroatoms. The second kappa shape index (κ2) is 6.60. The van der Waals surface area contributed by atoms with Crippen LogP contribution in [-0.2, 0) is 19.7 Å². The third-order valence-corrected chi connectivity index (χ3v) is 4.17. The average Bonchev–Trinajstić information content (AvgIpc) is 2.95. The van der Waals surface area contributed by atoms with Gasteiger partial charge in [0.1, 0.15) is 12.8 Å². The first kappa shape index (κ1) is 14.6. The number of halogens is 1. The molecule has 0 radical (unpaired) electrons. The van der Waals surface area contributed by atoms with Gasteiger partial charge in [-0.1, -0.05) is 46.3 Å². The summed E-state index contributed by atoms with van der Waals surface area (Å²) < 4.78 is 7.70. The van der Waals surface area contributed by atoms with Gasteiger partial charge in [0.2, 0.25) is 5.88 Å². The minimum absolute atomic E-state index is 0.456. The topological polar surface area (TPSA) is 50.5 Å². The summed E-state index contributed by atoms with van der Waals surface area (Å²) >= 11 is 3.31. The van der Waals surface area contributed by atoms with E-state index in [9.17, 15) is 5.11 Å². The average molecular weight is 352 g/mol. The Kier molecular flexibility index (Phi) is 4.57. The highest BCUT2D eigenvalue weighted by atomic mass is 79.9. The fourth-order valence-electron chi connectivity index (χ4n) is 2.41. The van der Waals surface area contributed by atoms with E-state index in [0.29, 0.717) is 24.4 Å². The number of alkyl halides is 1. The van der Waals surface area contributed by atoms with Gasteiger partial charge in [-0.3, -0.25) is 9.58 Å².